The van der Waals surface area contributed by atoms with E-state index in [0.29, 0.717) is 23.6 Å². The fraction of sp³-hybridized carbons (Fsp3) is 0.467. The highest BCUT2D eigenvalue weighted by molar-refractivity contribution is 6.30. The van der Waals surface area contributed by atoms with Crippen molar-refractivity contribution in [2.24, 2.45) is 5.92 Å². The van der Waals surface area contributed by atoms with Crippen LogP contribution in [0.3, 0.4) is 0 Å². The number of carbonyl (C=O) groups excluding carboxylic acids is 2. The van der Waals surface area contributed by atoms with Gasteiger partial charge in [-0.3, -0.25) is 9.59 Å². The molecule has 0 spiro atoms. The Kier molecular flexibility index (Phi) is 7.19. The molecule has 0 saturated heterocycles. The molecule has 0 saturated carbocycles. The molecule has 3 N–H and O–H groups in total. The summed E-state index contributed by atoms with van der Waals surface area (Å²) < 4.78 is 0. The topological polar surface area (TPSA) is 78.4 Å². The lowest BCUT2D eigenvalue weighted by Crippen LogP contribution is -2.45. The third-order valence-corrected chi connectivity index (χ3v) is 3.35. The monoisotopic (exact) mass is 312 g/mol. The van der Waals surface area contributed by atoms with Gasteiger partial charge in [-0.1, -0.05) is 18.5 Å². The predicted molar refractivity (Wildman–Crippen MR) is 82.3 cm³/mol. The Balaban J connectivity index is 2.44. The van der Waals surface area contributed by atoms with Crippen LogP contribution in [0.25, 0.3) is 0 Å². The number of nitrogens with one attached hydrogen (secondary N) is 2. The lowest BCUT2D eigenvalue weighted by Gasteiger charge is -2.16. The molecule has 0 radical (unpaired) electrons. The van der Waals surface area contributed by atoms with Gasteiger partial charge < -0.3 is 15.7 Å². The molecule has 0 heterocycles. The number of hydrogen-bond acceptors (Lipinski definition) is 3. The van der Waals surface area contributed by atoms with Crippen molar-refractivity contribution >= 4 is 23.4 Å². The summed E-state index contributed by atoms with van der Waals surface area (Å²) in [6.45, 7) is 4.13. The lowest BCUT2D eigenvalue weighted by molar-refractivity contribution is -0.122. The van der Waals surface area contributed by atoms with Crippen LogP contribution in [-0.4, -0.2) is 36.1 Å². The van der Waals surface area contributed by atoms with Gasteiger partial charge in [0.25, 0.3) is 5.91 Å². The van der Waals surface area contributed by atoms with E-state index in [-0.39, 0.29) is 24.3 Å². The van der Waals surface area contributed by atoms with E-state index in [1.54, 1.807) is 31.2 Å². The van der Waals surface area contributed by atoms with E-state index in [1.165, 1.54) is 0 Å². The molecular weight excluding hydrogens is 292 g/mol. The second kappa shape index (κ2) is 8.64. The quantitative estimate of drug-likeness (QED) is 0.715. The van der Waals surface area contributed by atoms with Crippen LogP contribution in [-0.2, 0) is 4.79 Å². The van der Waals surface area contributed by atoms with Gasteiger partial charge in [-0.15, -0.1) is 0 Å². The fourth-order valence-corrected chi connectivity index (χ4v) is 1.82. The van der Waals surface area contributed by atoms with E-state index in [1.807, 2.05) is 6.92 Å². The summed E-state index contributed by atoms with van der Waals surface area (Å²) in [5.41, 5.74) is 0.452. The van der Waals surface area contributed by atoms with Crippen molar-refractivity contribution in [2.45, 2.75) is 26.3 Å². The minimum Gasteiger partial charge on any atom is -0.396 e. The van der Waals surface area contributed by atoms with Gasteiger partial charge in [-0.2, -0.15) is 0 Å². The molecule has 0 fully saturated rings. The van der Waals surface area contributed by atoms with Gasteiger partial charge in [0.05, 0.1) is 0 Å². The Morgan fingerprint density at radius 3 is 2.43 bits per heavy atom. The Hall–Kier alpha value is -1.59. The van der Waals surface area contributed by atoms with Gasteiger partial charge in [-0.05, 0) is 43.5 Å². The Morgan fingerprint density at radius 2 is 1.86 bits per heavy atom. The van der Waals surface area contributed by atoms with Crippen LogP contribution >= 0.6 is 11.6 Å². The number of aliphatic hydroxyl groups excluding tert-OH is 1. The number of aliphatic hydroxyl groups is 1. The molecule has 0 aliphatic rings. The van der Waals surface area contributed by atoms with E-state index in [2.05, 4.69) is 10.6 Å². The Labute approximate surface area is 129 Å². The molecule has 21 heavy (non-hydrogen) atoms. The SMILES string of the molecule is CC(CCO)CNC(=O)C(C)NC(=O)c1ccc(Cl)cc1. The number of carbonyl (C=O) groups is 2. The molecule has 2 amide bonds. The molecule has 0 bridgehead atoms. The van der Waals surface area contributed by atoms with Crippen LogP contribution in [0.5, 0.6) is 0 Å². The number of hydrogen-bond donors (Lipinski definition) is 3. The summed E-state index contributed by atoms with van der Waals surface area (Å²) in [6.07, 6.45) is 0.631. The molecule has 5 nitrogen and oxygen atoms in total. The molecule has 1 aromatic carbocycles. The molecule has 6 heteroatoms. The van der Waals surface area contributed by atoms with Crippen molar-refractivity contribution in [3.63, 3.8) is 0 Å². The van der Waals surface area contributed by atoms with E-state index >= 15 is 0 Å². The highest BCUT2D eigenvalue weighted by Gasteiger charge is 2.16. The highest BCUT2D eigenvalue weighted by atomic mass is 35.5. The van der Waals surface area contributed by atoms with E-state index < -0.39 is 6.04 Å². The minimum atomic E-state index is -0.630. The van der Waals surface area contributed by atoms with Crippen LogP contribution in [0.1, 0.15) is 30.6 Å². The van der Waals surface area contributed by atoms with Crippen LogP contribution in [0.2, 0.25) is 5.02 Å². The summed E-state index contributed by atoms with van der Waals surface area (Å²) in [5, 5.41) is 14.7. The average molecular weight is 313 g/mol. The summed E-state index contributed by atoms with van der Waals surface area (Å²) in [5.74, 6) is -0.377. The summed E-state index contributed by atoms with van der Waals surface area (Å²) in [6, 6.07) is 5.82. The average Bonchev–Trinajstić information content (AvgIpc) is 2.45. The zero-order valence-electron chi connectivity index (χ0n) is 12.2. The lowest BCUT2D eigenvalue weighted by atomic mass is 10.1. The molecule has 2 atom stereocenters. The Morgan fingerprint density at radius 1 is 1.24 bits per heavy atom. The summed E-state index contributed by atoms with van der Waals surface area (Å²) >= 11 is 5.76. The van der Waals surface area contributed by atoms with Crippen LogP contribution in [0.15, 0.2) is 24.3 Å². The van der Waals surface area contributed by atoms with Crippen molar-refractivity contribution in [1.29, 1.82) is 0 Å². The largest absolute Gasteiger partial charge is 0.396 e. The van der Waals surface area contributed by atoms with Crippen molar-refractivity contribution in [3.8, 4) is 0 Å². The van der Waals surface area contributed by atoms with E-state index in [9.17, 15) is 9.59 Å². The van der Waals surface area contributed by atoms with Crippen molar-refractivity contribution in [3.05, 3.63) is 34.9 Å². The molecule has 0 aromatic heterocycles. The number of halogens is 1. The molecule has 1 rings (SSSR count). The summed E-state index contributed by atoms with van der Waals surface area (Å²) in [4.78, 5) is 23.8. The van der Waals surface area contributed by atoms with Gasteiger partial charge in [0, 0.05) is 23.7 Å². The fourth-order valence-electron chi connectivity index (χ4n) is 1.70. The van der Waals surface area contributed by atoms with Crippen LogP contribution < -0.4 is 10.6 Å². The zero-order chi connectivity index (χ0) is 15.8. The molecule has 116 valence electrons. The van der Waals surface area contributed by atoms with Gasteiger partial charge in [0.1, 0.15) is 6.04 Å². The first kappa shape index (κ1) is 17.5. The molecule has 0 aliphatic heterocycles. The maximum absolute atomic E-state index is 11.9. The van der Waals surface area contributed by atoms with Crippen LogP contribution in [0, 0.1) is 5.92 Å². The number of rotatable bonds is 7. The Bertz CT molecular complexity index is 476. The van der Waals surface area contributed by atoms with Crippen molar-refractivity contribution in [2.75, 3.05) is 13.2 Å². The molecule has 2 unspecified atom stereocenters. The number of amides is 2. The zero-order valence-corrected chi connectivity index (χ0v) is 13.0. The molecular formula is C15H21ClN2O3. The van der Waals surface area contributed by atoms with Gasteiger partial charge in [-0.25, -0.2) is 0 Å². The van der Waals surface area contributed by atoms with Gasteiger partial charge in [0.15, 0.2) is 0 Å². The molecule has 0 aliphatic carbocycles. The third-order valence-electron chi connectivity index (χ3n) is 3.09. The van der Waals surface area contributed by atoms with Crippen molar-refractivity contribution < 1.29 is 14.7 Å². The highest BCUT2D eigenvalue weighted by Crippen LogP contribution is 2.09. The second-order valence-corrected chi connectivity index (χ2v) is 5.50. The maximum atomic E-state index is 11.9. The predicted octanol–water partition coefficient (Wildman–Crippen LogP) is 1.59. The van der Waals surface area contributed by atoms with Gasteiger partial charge >= 0.3 is 0 Å². The smallest absolute Gasteiger partial charge is 0.251 e. The first-order valence-corrected chi connectivity index (χ1v) is 7.26. The van der Waals surface area contributed by atoms with Crippen LogP contribution in [0.4, 0.5) is 0 Å². The van der Waals surface area contributed by atoms with E-state index in [4.69, 9.17) is 16.7 Å². The second-order valence-electron chi connectivity index (χ2n) is 5.06. The first-order valence-electron chi connectivity index (χ1n) is 6.89. The normalized spacial score (nSPS) is 13.3. The maximum Gasteiger partial charge on any atom is 0.251 e. The van der Waals surface area contributed by atoms with E-state index in [0.717, 1.165) is 0 Å². The summed E-state index contributed by atoms with van der Waals surface area (Å²) in [7, 11) is 0. The first-order chi connectivity index (χ1) is 9.93. The van der Waals surface area contributed by atoms with Gasteiger partial charge in [0.2, 0.25) is 5.91 Å². The third kappa shape index (κ3) is 6.14. The number of benzene rings is 1. The molecule has 1 aromatic rings. The minimum absolute atomic E-state index is 0.0971. The standard InChI is InChI=1S/C15H21ClN2O3/c1-10(7-8-19)9-17-14(20)11(2)18-15(21)12-3-5-13(16)6-4-12/h3-6,10-11,19H,7-9H2,1-2H3,(H,17,20)(H,18,21). The van der Waals surface area contributed by atoms with Crippen molar-refractivity contribution in [1.82, 2.24) is 10.6 Å².